The van der Waals surface area contributed by atoms with Crippen LogP contribution in [0.2, 0.25) is 0 Å². The minimum absolute atomic E-state index is 0.357. The summed E-state index contributed by atoms with van der Waals surface area (Å²) in [6.45, 7) is 8.34. The number of para-hydroxylation sites is 1. The van der Waals surface area contributed by atoms with Crippen LogP contribution in [0.3, 0.4) is 0 Å². The van der Waals surface area contributed by atoms with E-state index in [1.807, 2.05) is 29.1 Å². The fourth-order valence-electron chi connectivity index (χ4n) is 4.64. The molecule has 0 saturated carbocycles. The summed E-state index contributed by atoms with van der Waals surface area (Å²) >= 11 is 0. The van der Waals surface area contributed by atoms with Crippen molar-refractivity contribution in [2.75, 3.05) is 0 Å². The monoisotopic (exact) mass is 446 g/mol. The molecule has 0 amide bonds. The summed E-state index contributed by atoms with van der Waals surface area (Å²) in [4.78, 5) is 0. The molecule has 1 aliphatic rings. The van der Waals surface area contributed by atoms with Crippen LogP contribution >= 0.6 is 0 Å². The second-order valence-corrected chi connectivity index (χ2v) is 10.0. The highest BCUT2D eigenvalue weighted by atomic mass is 16.7. The fourth-order valence-corrected chi connectivity index (χ4v) is 4.64. The first-order chi connectivity index (χ1) is 16.3. The molecule has 1 aliphatic heterocycles. The van der Waals surface area contributed by atoms with Gasteiger partial charge in [-0.15, -0.1) is 0 Å². The second kappa shape index (κ2) is 7.56. The first kappa shape index (κ1) is 21.1. The molecule has 0 spiro atoms. The minimum Gasteiger partial charge on any atom is -0.399 e. The predicted molar refractivity (Wildman–Crippen MR) is 140 cm³/mol. The first-order valence-corrected chi connectivity index (χ1v) is 11.7. The van der Waals surface area contributed by atoms with Gasteiger partial charge in [0.25, 0.3) is 0 Å². The topological polar surface area (TPSA) is 36.3 Å². The SMILES string of the molecule is CC1(C)OB(c2cccc(-c3ccc4c(ccc5cnn(-c6ccccc6)c54)c3)c2)OC1(C)C. The molecule has 6 rings (SSSR count). The molecule has 0 N–H and O–H groups in total. The number of aromatic nitrogens is 2. The van der Waals surface area contributed by atoms with Crippen molar-refractivity contribution < 1.29 is 9.31 Å². The average molecular weight is 446 g/mol. The Morgan fingerprint density at radius 3 is 2.18 bits per heavy atom. The molecule has 5 heteroatoms. The molecule has 5 aromatic rings. The zero-order valence-corrected chi connectivity index (χ0v) is 19.9. The quantitative estimate of drug-likeness (QED) is 0.312. The molecule has 1 aromatic heterocycles. The van der Waals surface area contributed by atoms with E-state index in [1.54, 1.807) is 0 Å². The van der Waals surface area contributed by atoms with Crippen LogP contribution in [0.15, 0.2) is 91.1 Å². The van der Waals surface area contributed by atoms with Gasteiger partial charge in [0, 0.05) is 10.8 Å². The summed E-state index contributed by atoms with van der Waals surface area (Å²) in [6.07, 6.45) is 1.93. The summed E-state index contributed by atoms with van der Waals surface area (Å²) in [5, 5.41) is 8.16. The summed E-state index contributed by atoms with van der Waals surface area (Å²) in [5.74, 6) is 0. The Bertz CT molecular complexity index is 1510. The molecule has 0 unspecified atom stereocenters. The third kappa shape index (κ3) is 3.35. The summed E-state index contributed by atoms with van der Waals surface area (Å²) in [6, 6.07) is 29.7. The van der Waals surface area contributed by atoms with Crippen molar-refractivity contribution in [2.24, 2.45) is 0 Å². The molecule has 0 aliphatic carbocycles. The van der Waals surface area contributed by atoms with Gasteiger partial charge in [-0.2, -0.15) is 5.10 Å². The standard InChI is InChI=1S/C29H27BN2O2/c1-28(2)29(3,4)34-30(33-28)24-10-8-9-20(18-24)21-15-16-26-22(17-21)13-14-23-19-31-32(27(23)26)25-11-6-5-7-12-25/h5-19H,1-4H3. The highest BCUT2D eigenvalue weighted by Gasteiger charge is 2.51. The van der Waals surface area contributed by atoms with Gasteiger partial charge in [0.2, 0.25) is 0 Å². The average Bonchev–Trinajstić information content (AvgIpc) is 3.37. The number of hydrogen-bond donors (Lipinski definition) is 0. The van der Waals surface area contributed by atoms with Gasteiger partial charge in [-0.1, -0.05) is 66.7 Å². The zero-order chi connectivity index (χ0) is 23.5. The van der Waals surface area contributed by atoms with E-state index in [4.69, 9.17) is 9.31 Å². The molecule has 168 valence electrons. The van der Waals surface area contributed by atoms with Crippen molar-refractivity contribution >= 4 is 34.3 Å². The van der Waals surface area contributed by atoms with Crippen molar-refractivity contribution in [3.63, 3.8) is 0 Å². The maximum atomic E-state index is 6.27. The lowest BCUT2D eigenvalue weighted by Gasteiger charge is -2.32. The van der Waals surface area contributed by atoms with Crippen molar-refractivity contribution in [1.29, 1.82) is 0 Å². The zero-order valence-electron chi connectivity index (χ0n) is 19.9. The van der Waals surface area contributed by atoms with E-state index in [0.717, 1.165) is 33.2 Å². The molecule has 4 aromatic carbocycles. The Kier molecular flexibility index (Phi) is 4.70. The molecule has 0 radical (unpaired) electrons. The Labute approximate surface area is 200 Å². The van der Waals surface area contributed by atoms with Crippen LogP contribution in [-0.2, 0) is 9.31 Å². The number of rotatable bonds is 3. The van der Waals surface area contributed by atoms with Crippen molar-refractivity contribution in [3.05, 3.63) is 91.1 Å². The van der Waals surface area contributed by atoms with Crippen LogP contribution in [0.4, 0.5) is 0 Å². The lowest BCUT2D eigenvalue weighted by molar-refractivity contribution is 0.00578. The summed E-state index contributed by atoms with van der Waals surface area (Å²) in [7, 11) is -0.370. The molecule has 1 fully saturated rings. The van der Waals surface area contributed by atoms with Gasteiger partial charge in [0.15, 0.2) is 0 Å². The van der Waals surface area contributed by atoms with Gasteiger partial charge in [0.1, 0.15) is 0 Å². The van der Waals surface area contributed by atoms with Crippen LogP contribution < -0.4 is 5.46 Å². The van der Waals surface area contributed by atoms with E-state index in [1.165, 1.54) is 10.8 Å². The van der Waals surface area contributed by atoms with Crippen LogP contribution in [0, 0.1) is 0 Å². The van der Waals surface area contributed by atoms with Gasteiger partial charge in [-0.05, 0) is 67.9 Å². The van der Waals surface area contributed by atoms with Crippen LogP contribution in [0.25, 0.3) is 38.5 Å². The van der Waals surface area contributed by atoms with Crippen molar-refractivity contribution in [1.82, 2.24) is 9.78 Å². The highest BCUT2D eigenvalue weighted by Crippen LogP contribution is 2.37. The summed E-state index contributed by atoms with van der Waals surface area (Å²) in [5.41, 5.74) is 4.81. The molecule has 0 bridgehead atoms. The summed E-state index contributed by atoms with van der Waals surface area (Å²) < 4.78 is 14.6. The van der Waals surface area contributed by atoms with Gasteiger partial charge < -0.3 is 9.31 Å². The number of benzene rings is 4. The van der Waals surface area contributed by atoms with E-state index >= 15 is 0 Å². The predicted octanol–water partition coefficient (Wildman–Crippen LogP) is 6.14. The van der Waals surface area contributed by atoms with E-state index in [2.05, 4.69) is 99.5 Å². The van der Waals surface area contributed by atoms with Gasteiger partial charge >= 0.3 is 7.12 Å². The maximum Gasteiger partial charge on any atom is 0.494 e. The largest absolute Gasteiger partial charge is 0.494 e. The minimum atomic E-state index is -0.370. The number of nitrogens with zero attached hydrogens (tertiary/aromatic N) is 2. The molecule has 0 atom stereocenters. The Hall–Kier alpha value is -3.41. The van der Waals surface area contributed by atoms with Crippen molar-refractivity contribution in [3.8, 4) is 16.8 Å². The fraction of sp³-hybridized carbons (Fsp3) is 0.207. The molecule has 1 saturated heterocycles. The van der Waals surface area contributed by atoms with Crippen molar-refractivity contribution in [2.45, 2.75) is 38.9 Å². The normalized spacial score (nSPS) is 17.0. The van der Waals surface area contributed by atoms with Crippen LogP contribution in [-0.4, -0.2) is 28.1 Å². The Morgan fingerprint density at radius 1 is 0.706 bits per heavy atom. The molecular weight excluding hydrogens is 419 g/mol. The van der Waals surface area contributed by atoms with Gasteiger partial charge in [-0.3, -0.25) is 0 Å². The molecule has 2 heterocycles. The van der Waals surface area contributed by atoms with Crippen LogP contribution in [0.1, 0.15) is 27.7 Å². The number of hydrogen-bond acceptors (Lipinski definition) is 3. The molecule has 4 nitrogen and oxygen atoms in total. The molecular formula is C29H27BN2O2. The van der Waals surface area contributed by atoms with Gasteiger partial charge in [-0.25, -0.2) is 4.68 Å². The smallest absolute Gasteiger partial charge is 0.399 e. The van der Waals surface area contributed by atoms with Crippen LogP contribution in [0.5, 0.6) is 0 Å². The number of fused-ring (bicyclic) bond motifs is 3. The van der Waals surface area contributed by atoms with E-state index in [-0.39, 0.29) is 18.3 Å². The third-order valence-corrected chi connectivity index (χ3v) is 7.29. The van der Waals surface area contributed by atoms with Gasteiger partial charge in [0.05, 0.1) is 28.6 Å². The van der Waals surface area contributed by atoms with E-state index in [9.17, 15) is 0 Å². The maximum absolute atomic E-state index is 6.27. The lowest BCUT2D eigenvalue weighted by Crippen LogP contribution is -2.41. The highest BCUT2D eigenvalue weighted by molar-refractivity contribution is 6.62. The van der Waals surface area contributed by atoms with E-state index < -0.39 is 0 Å². The first-order valence-electron chi connectivity index (χ1n) is 11.7. The molecule has 34 heavy (non-hydrogen) atoms. The second-order valence-electron chi connectivity index (χ2n) is 10.0. The lowest BCUT2D eigenvalue weighted by atomic mass is 9.78. The Morgan fingerprint density at radius 2 is 1.41 bits per heavy atom. The Balaban J connectivity index is 1.41. The van der Waals surface area contributed by atoms with E-state index in [0.29, 0.717) is 0 Å². The third-order valence-electron chi connectivity index (χ3n) is 7.29.